The summed E-state index contributed by atoms with van der Waals surface area (Å²) in [6.45, 7) is 7.65. The Balaban J connectivity index is 1.65. The van der Waals surface area contributed by atoms with Gasteiger partial charge in [-0.15, -0.1) is 0 Å². The number of hydrogen-bond donors (Lipinski definition) is 1. The van der Waals surface area contributed by atoms with Gasteiger partial charge in [0.2, 0.25) is 0 Å². The second-order valence-electron chi connectivity index (χ2n) is 10.3. The highest BCUT2D eigenvalue weighted by Crippen LogP contribution is 2.31. The number of carbonyl (C=O) groups is 2. The Hall–Kier alpha value is -4.70. The average Bonchev–Trinajstić information content (AvgIpc) is 3.41. The summed E-state index contributed by atoms with van der Waals surface area (Å²) in [5, 5.41) is 9.25. The lowest BCUT2D eigenvalue weighted by Gasteiger charge is -2.25. The van der Waals surface area contributed by atoms with Gasteiger partial charge >= 0.3 is 11.9 Å². The lowest BCUT2D eigenvalue weighted by atomic mass is 9.95. The lowest BCUT2D eigenvalue weighted by molar-refractivity contribution is -0.139. The van der Waals surface area contributed by atoms with Crippen molar-refractivity contribution in [2.45, 2.75) is 33.7 Å². The van der Waals surface area contributed by atoms with Crippen LogP contribution in [0.3, 0.4) is 0 Å². The number of carboxylic acids is 1. The number of carbonyl (C=O) groups excluding carboxylic acids is 1. The number of thiazole rings is 1. The van der Waals surface area contributed by atoms with Gasteiger partial charge in [0.1, 0.15) is 0 Å². The van der Waals surface area contributed by atoms with Crippen molar-refractivity contribution in [3.8, 4) is 5.69 Å². The van der Waals surface area contributed by atoms with E-state index in [1.54, 1.807) is 42.7 Å². The molecule has 216 valence electrons. The van der Waals surface area contributed by atoms with Gasteiger partial charge in [-0.2, -0.15) is 0 Å². The van der Waals surface area contributed by atoms with E-state index in [4.69, 9.17) is 4.74 Å². The summed E-state index contributed by atoms with van der Waals surface area (Å²) in [7, 11) is 3.91. The van der Waals surface area contributed by atoms with Crippen molar-refractivity contribution in [3.05, 3.63) is 114 Å². The summed E-state index contributed by atoms with van der Waals surface area (Å²) in [5.74, 6) is -1.47. The SMILES string of the molecule is CCOC(=O)C1=C(C)N=c2s/c(=C/c3cc(C)n(-c4ccc(C(=O)O)cc4)c3C)c(=O)n2[C@H]1c1ccc(N(C)C)cc1. The molecule has 5 rings (SSSR count). The molecule has 1 N–H and O–H groups in total. The Labute approximate surface area is 246 Å². The smallest absolute Gasteiger partial charge is 0.338 e. The number of nitrogens with zero attached hydrogens (tertiary/aromatic N) is 4. The first-order valence-corrected chi connectivity index (χ1v) is 14.3. The molecule has 1 aliphatic heterocycles. The van der Waals surface area contributed by atoms with Crippen molar-refractivity contribution in [1.82, 2.24) is 9.13 Å². The van der Waals surface area contributed by atoms with Crippen LogP contribution in [0.1, 0.15) is 52.8 Å². The molecule has 10 heteroatoms. The third-order valence-electron chi connectivity index (χ3n) is 7.37. The molecule has 4 aromatic rings. The maximum atomic E-state index is 14.0. The molecule has 0 saturated heterocycles. The molecular formula is C32H32N4O5S. The number of rotatable bonds is 7. The number of carboxylic acid groups (broad SMARTS) is 1. The van der Waals surface area contributed by atoms with Gasteiger partial charge in [-0.3, -0.25) is 9.36 Å². The molecule has 3 heterocycles. The van der Waals surface area contributed by atoms with Crippen molar-refractivity contribution in [3.63, 3.8) is 0 Å². The number of benzene rings is 2. The van der Waals surface area contributed by atoms with Crippen LogP contribution in [0.15, 0.2) is 75.7 Å². The predicted molar refractivity (Wildman–Crippen MR) is 163 cm³/mol. The Morgan fingerprint density at radius 3 is 2.33 bits per heavy atom. The number of allylic oxidation sites excluding steroid dienone is 1. The fourth-order valence-electron chi connectivity index (χ4n) is 5.29. The number of fused-ring (bicyclic) bond motifs is 1. The monoisotopic (exact) mass is 584 g/mol. The van der Waals surface area contributed by atoms with Crippen molar-refractivity contribution < 1.29 is 19.4 Å². The molecule has 0 spiro atoms. The van der Waals surface area contributed by atoms with Crippen LogP contribution in [-0.4, -0.2) is 46.9 Å². The van der Waals surface area contributed by atoms with Crippen molar-refractivity contribution in [2.75, 3.05) is 25.6 Å². The predicted octanol–water partition coefficient (Wildman–Crippen LogP) is 3.97. The number of ether oxygens (including phenoxy) is 1. The number of hydrogen-bond acceptors (Lipinski definition) is 7. The molecule has 0 amide bonds. The highest BCUT2D eigenvalue weighted by atomic mass is 32.1. The zero-order valence-electron chi connectivity index (χ0n) is 24.3. The van der Waals surface area contributed by atoms with Crippen molar-refractivity contribution >= 4 is 35.0 Å². The highest BCUT2D eigenvalue weighted by molar-refractivity contribution is 7.07. The fourth-order valence-corrected chi connectivity index (χ4v) is 6.32. The Morgan fingerprint density at radius 1 is 1.07 bits per heavy atom. The van der Waals surface area contributed by atoms with E-state index in [-0.39, 0.29) is 17.7 Å². The molecule has 42 heavy (non-hydrogen) atoms. The van der Waals surface area contributed by atoms with Gasteiger partial charge in [0, 0.05) is 36.9 Å². The van der Waals surface area contributed by atoms with Gasteiger partial charge in [-0.25, -0.2) is 14.6 Å². The summed E-state index contributed by atoms with van der Waals surface area (Å²) in [6.07, 6.45) is 1.85. The maximum Gasteiger partial charge on any atom is 0.338 e. The Bertz CT molecular complexity index is 1910. The van der Waals surface area contributed by atoms with E-state index in [1.165, 1.54) is 11.3 Å². The molecule has 1 aliphatic rings. The molecular weight excluding hydrogens is 552 g/mol. The van der Waals surface area contributed by atoms with E-state index in [0.717, 1.165) is 33.9 Å². The first-order chi connectivity index (χ1) is 20.0. The first kappa shape index (κ1) is 28.8. The second-order valence-corrected chi connectivity index (χ2v) is 11.3. The molecule has 0 saturated carbocycles. The molecule has 0 aliphatic carbocycles. The minimum atomic E-state index is -0.980. The van der Waals surface area contributed by atoms with Crippen LogP contribution in [0.5, 0.6) is 0 Å². The van der Waals surface area contributed by atoms with Crippen LogP contribution >= 0.6 is 11.3 Å². The standard InChI is InChI=1S/C32H32N4O5S/c1-7-41-31(40)27-19(3)33-32-36(28(27)21-8-12-24(13-9-21)34(5)6)29(37)26(42-32)17-23-16-18(2)35(20(23)4)25-14-10-22(11-15-25)30(38)39/h8-17,28H,7H2,1-6H3,(H,38,39)/b26-17+/t28-/m0/s1. The van der Waals surface area contributed by atoms with E-state index < -0.39 is 18.0 Å². The summed E-state index contributed by atoms with van der Waals surface area (Å²) >= 11 is 1.28. The van der Waals surface area contributed by atoms with E-state index in [1.807, 2.05) is 73.8 Å². The molecule has 0 radical (unpaired) electrons. The van der Waals surface area contributed by atoms with Gasteiger partial charge in [0.25, 0.3) is 5.56 Å². The molecule has 1 atom stereocenters. The topological polar surface area (TPSA) is 106 Å². The number of aromatic carboxylic acids is 1. The number of aryl methyl sites for hydroxylation is 1. The third-order valence-corrected chi connectivity index (χ3v) is 8.35. The van der Waals surface area contributed by atoms with Crippen LogP contribution in [0.4, 0.5) is 5.69 Å². The zero-order chi connectivity index (χ0) is 30.3. The zero-order valence-corrected chi connectivity index (χ0v) is 25.2. The number of aromatic nitrogens is 2. The first-order valence-electron chi connectivity index (χ1n) is 13.5. The number of anilines is 1. The van der Waals surface area contributed by atoms with Gasteiger partial charge in [-0.05, 0) is 87.4 Å². The van der Waals surface area contributed by atoms with Crippen LogP contribution in [0.2, 0.25) is 0 Å². The number of esters is 1. The largest absolute Gasteiger partial charge is 0.478 e. The summed E-state index contributed by atoms with van der Waals surface area (Å²) in [4.78, 5) is 45.6. The van der Waals surface area contributed by atoms with Crippen molar-refractivity contribution in [2.24, 2.45) is 4.99 Å². The normalized spacial score (nSPS) is 14.9. The van der Waals surface area contributed by atoms with Gasteiger partial charge in [-0.1, -0.05) is 23.5 Å². The van der Waals surface area contributed by atoms with Gasteiger partial charge < -0.3 is 19.3 Å². The molecule has 0 bridgehead atoms. The lowest BCUT2D eigenvalue weighted by Crippen LogP contribution is -2.40. The quantitative estimate of drug-likeness (QED) is 0.330. The molecule has 9 nitrogen and oxygen atoms in total. The van der Waals surface area contributed by atoms with E-state index in [0.29, 0.717) is 20.6 Å². The molecule has 2 aromatic heterocycles. The molecule has 0 unspecified atom stereocenters. The van der Waals surface area contributed by atoms with E-state index >= 15 is 0 Å². The van der Waals surface area contributed by atoms with Crippen molar-refractivity contribution in [1.29, 1.82) is 0 Å². The fraction of sp³-hybridized carbons (Fsp3) is 0.250. The van der Waals surface area contributed by atoms with E-state index in [2.05, 4.69) is 4.99 Å². The minimum Gasteiger partial charge on any atom is -0.478 e. The second kappa shape index (κ2) is 11.3. The van der Waals surface area contributed by atoms with Crippen LogP contribution in [-0.2, 0) is 9.53 Å². The Kier molecular flexibility index (Phi) is 7.74. The maximum absolute atomic E-state index is 14.0. The van der Waals surface area contributed by atoms with Gasteiger partial charge in [0.05, 0.1) is 34.0 Å². The highest BCUT2D eigenvalue weighted by Gasteiger charge is 2.33. The van der Waals surface area contributed by atoms with Crippen LogP contribution in [0.25, 0.3) is 11.8 Å². The average molecular weight is 585 g/mol. The van der Waals surface area contributed by atoms with Crippen LogP contribution < -0.4 is 19.8 Å². The molecule has 2 aromatic carbocycles. The van der Waals surface area contributed by atoms with E-state index in [9.17, 15) is 19.5 Å². The minimum absolute atomic E-state index is 0.209. The summed E-state index contributed by atoms with van der Waals surface area (Å²) in [6, 6.07) is 15.8. The third kappa shape index (κ3) is 5.09. The molecule has 0 fully saturated rings. The summed E-state index contributed by atoms with van der Waals surface area (Å²) in [5.41, 5.74) is 6.14. The van der Waals surface area contributed by atoms with Gasteiger partial charge in [0.15, 0.2) is 4.80 Å². The summed E-state index contributed by atoms with van der Waals surface area (Å²) < 4.78 is 9.49. The van der Waals surface area contributed by atoms with Crippen LogP contribution in [0, 0.1) is 13.8 Å². The Morgan fingerprint density at radius 2 is 1.74 bits per heavy atom.